The van der Waals surface area contributed by atoms with Crippen molar-refractivity contribution in [2.24, 2.45) is 0 Å². The SMILES string of the molecule is Cc1ccc2occ(/C=C/C(=O)Nc3cccc(Nc4nc(C)cc(C)n4)c3)c(=O)c2c1. The highest BCUT2D eigenvalue weighted by atomic mass is 16.3. The number of anilines is 3. The van der Waals surface area contributed by atoms with E-state index >= 15 is 0 Å². The molecule has 2 heterocycles. The van der Waals surface area contributed by atoms with Gasteiger partial charge in [-0.15, -0.1) is 0 Å². The van der Waals surface area contributed by atoms with E-state index in [1.807, 2.05) is 45.0 Å². The number of nitrogens with one attached hydrogen (secondary N) is 2. The van der Waals surface area contributed by atoms with Crippen molar-refractivity contribution in [1.29, 1.82) is 0 Å². The average molecular weight is 426 g/mol. The third-order valence-electron chi connectivity index (χ3n) is 4.74. The quantitative estimate of drug-likeness (QED) is 0.441. The maximum atomic E-state index is 12.7. The van der Waals surface area contributed by atoms with Crippen molar-refractivity contribution in [1.82, 2.24) is 9.97 Å². The average Bonchev–Trinajstić information content (AvgIpc) is 2.73. The molecule has 2 N–H and O–H groups in total. The summed E-state index contributed by atoms with van der Waals surface area (Å²) in [6.07, 6.45) is 4.12. The minimum absolute atomic E-state index is 0.182. The zero-order valence-corrected chi connectivity index (χ0v) is 18.0. The molecule has 2 aromatic carbocycles. The van der Waals surface area contributed by atoms with Crippen LogP contribution in [0.4, 0.5) is 17.3 Å². The summed E-state index contributed by atoms with van der Waals surface area (Å²) in [5, 5.41) is 6.41. The van der Waals surface area contributed by atoms with Gasteiger partial charge in [0.2, 0.25) is 11.9 Å². The Morgan fingerprint density at radius 1 is 0.969 bits per heavy atom. The van der Waals surface area contributed by atoms with Crippen LogP contribution in [-0.4, -0.2) is 15.9 Å². The first kappa shape index (κ1) is 21.0. The molecule has 2 aromatic heterocycles. The first-order chi connectivity index (χ1) is 15.4. The second kappa shape index (κ2) is 8.85. The zero-order valence-electron chi connectivity index (χ0n) is 18.0. The molecular formula is C25H22N4O3. The first-order valence-corrected chi connectivity index (χ1v) is 10.1. The van der Waals surface area contributed by atoms with Gasteiger partial charge in [0, 0.05) is 28.8 Å². The van der Waals surface area contributed by atoms with E-state index in [2.05, 4.69) is 20.6 Å². The van der Waals surface area contributed by atoms with E-state index in [9.17, 15) is 9.59 Å². The topological polar surface area (TPSA) is 97.1 Å². The number of rotatable bonds is 5. The van der Waals surface area contributed by atoms with Crippen molar-refractivity contribution < 1.29 is 9.21 Å². The molecule has 0 atom stereocenters. The predicted octanol–water partition coefficient (Wildman–Crippen LogP) is 4.90. The van der Waals surface area contributed by atoms with Gasteiger partial charge >= 0.3 is 0 Å². The van der Waals surface area contributed by atoms with Gasteiger partial charge in [0.1, 0.15) is 11.8 Å². The monoisotopic (exact) mass is 426 g/mol. The van der Waals surface area contributed by atoms with Crippen molar-refractivity contribution in [3.8, 4) is 0 Å². The lowest BCUT2D eigenvalue weighted by Gasteiger charge is -2.09. The lowest BCUT2D eigenvalue weighted by Crippen LogP contribution is -2.09. The summed E-state index contributed by atoms with van der Waals surface area (Å²) < 4.78 is 5.52. The largest absolute Gasteiger partial charge is 0.463 e. The Labute approximate surface area is 184 Å². The number of benzene rings is 2. The molecule has 0 saturated heterocycles. The molecule has 7 heteroatoms. The highest BCUT2D eigenvalue weighted by molar-refractivity contribution is 6.02. The number of fused-ring (bicyclic) bond motifs is 1. The Morgan fingerprint density at radius 3 is 2.50 bits per heavy atom. The highest BCUT2D eigenvalue weighted by Crippen LogP contribution is 2.19. The van der Waals surface area contributed by atoms with Gasteiger partial charge in [0.25, 0.3) is 0 Å². The van der Waals surface area contributed by atoms with Crippen LogP contribution in [0.3, 0.4) is 0 Å². The van der Waals surface area contributed by atoms with E-state index in [1.165, 1.54) is 18.4 Å². The fourth-order valence-corrected chi connectivity index (χ4v) is 3.31. The molecule has 0 aliphatic carbocycles. The Morgan fingerprint density at radius 2 is 1.72 bits per heavy atom. The number of carbonyl (C=O) groups excluding carboxylic acids is 1. The number of carbonyl (C=O) groups is 1. The lowest BCUT2D eigenvalue weighted by atomic mass is 10.1. The minimum Gasteiger partial charge on any atom is -0.463 e. The van der Waals surface area contributed by atoms with Crippen LogP contribution in [-0.2, 0) is 4.79 Å². The van der Waals surface area contributed by atoms with E-state index < -0.39 is 0 Å². The molecule has 0 radical (unpaired) electrons. The molecule has 7 nitrogen and oxygen atoms in total. The lowest BCUT2D eigenvalue weighted by molar-refractivity contribution is -0.111. The molecule has 32 heavy (non-hydrogen) atoms. The van der Waals surface area contributed by atoms with E-state index in [0.29, 0.717) is 28.2 Å². The van der Waals surface area contributed by atoms with E-state index in [1.54, 1.807) is 24.3 Å². The molecule has 0 unspecified atom stereocenters. The van der Waals surface area contributed by atoms with E-state index in [-0.39, 0.29) is 11.3 Å². The highest BCUT2D eigenvalue weighted by Gasteiger charge is 2.07. The molecule has 1 amide bonds. The van der Waals surface area contributed by atoms with Gasteiger partial charge in [-0.1, -0.05) is 17.7 Å². The van der Waals surface area contributed by atoms with Crippen LogP contribution in [0.2, 0.25) is 0 Å². The number of amides is 1. The fourth-order valence-electron chi connectivity index (χ4n) is 3.31. The number of hydrogen-bond donors (Lipinski definition) is 2. The van der Waals surface area contributed by atoms with Gasteiger partial charge in [-0.05, 0) is 63.2 Å². The summed E-state index contributed by atoms with van der Waals surface area (Å²) in [7, 11) is 0. The summed E-state index contributed by atoms with van der Waals surface area (Å²) in [5.41, 5.74) is 4.66. The van der Waals surface area contributed by atoms with Gasteiger partial charge in [-0.3, -0.25) is 9.59 Å². The minimum atomic E-state index is -0.367. The Balaban J connectivity index is 1.48. The van der Waals surface area contributed by atoms with Gasteiger partial charge in [0.15, 0.2) is 5.43 Å². The van der Waals surface area contributed by atoms with Crippen LogP contribution in [0.15, 0.2) is 70.1 Å². The van der Waals surface area contributed by atoms with Crippen molar-refractivity contribution in [2.75, 3.05) is 10.6 Å². The molecule has 0 saturated carbocycles. The van der Waals surface area contributed by atoms with Crippen LogP contribution >= 0.6 is 0 Å². The number of nitrogens with zero attached hydrogens (tertiary/aromatic N) is 2. The summed E-state index contributed by atoms with van der Waals surface area (Å²) in [4.78, 5) is 33.8. The van der Waals surface area contributed by atoms with Gasteiger partial charge in [-0.25, -0.2) is 9.97 Å². The molecule has 0 aliphatic rings. The number of aromatic nitrogens is 2. The van der Waals surface area contributed by atoms with Crippen molar-refractivity contribution in [3.05, 3.63) is 93.6 Å². The summed E-state index contributed by atoms with van der Waals surface area (Å²) in [6, 6.07) is 14.5. The maximum Gasteiger partial charge on any atom is 0.248 e. The van der Waals surface area contributed by atoms with E-state index in [4.69, 9.17) is 4.42 Å². The van der Waals surface area contributed by atoms with Crippen LogP contribution in [0.1, 0.15) is 22.5 Å². The molecular weight excluding hydrogens is 404 g/mol. The van der Waals surface area contributed by atoms with Crippen molar-refractivity contribution in [3.63, 3.8) is 0 Å². The number of hydrogen-bond acceptors (Lipinski definition) is 6. The molecule has 4 aromatic rings. The zero-order chi connectivity index (χ0) is 22.7. The summed E-state index contributed by atoms with van der Waals surface area (Å²) in [6.45, 7) is 5.71. The summed E-state index contributed by atoms with van der Waals surface area (Å²) in [5.74, 6) is 0.123. The third-order valence-corrected chi connectivity index (χ3v) is 4.74. The Bertz CT molecular complexity index is 1390. The Kier molecular flexibility index (Phi) is 5.81. The smallest absolute Gasteiger partial charge is 0.248 e. The van der Waals surface area contributed by atoms with Crippen LogP contribution in [0.25, 0.3) is 17.0 Å². The molecule has 0 bridgehead atoms. The maximum absolute atomic E-state index is 12.7. The van der Waals surface area contributed by atoms with Crippen LogP contribution < -0.4 is 16.1 Å². The summed E-state index contributed by atoms with van der Waals surface area (Å²) >= 11 is 0. The standard InChI is InChI=1S/C25H22N4O3/c1-15-7-9-22-21(11-15)24(31)18(14-32-22)8-10-23(30)28-19-5-4-6-20(13-19)29-25-26-16(2)12-17(3)27-25/h4-14H,1-3H3,(H,28,30)(H,26,27,29)/b10-8+. The van der Waals surface area contributed by atoms with E-state index in [0.717, 1.165) is 22.6 Å². The van der Waals surface area contributed by atoms with Gasteiger partial charge in [-0.2, -0.15) is 0 Å². The Hall–Kier alpha value is -4.26. The normalized spacial score (nSPS) is 11.1. The fraction of sp³-hybridized carbons (Fsp3) is 0.120. The second-order valence-corrected chi connectivity index (χ2v) is 7.52. The van der Waals surface area contributed by atoms with Crippen molar-refractivity contribution >= 4 is 40.3 Å². The third kappa shape index (κ3) is 4.89. The molecule has 160 valence electrons. The molecule has 0 spiro atoms. The van der Waals surface area contributed by atoms with Crippen LogP contribution in [0, 0.1) is 20.8 Å². The predicted molar refractivity (Wildman–Crippen MR) is 126 cm³/mol. The molecule has 4 rings (SSSR count). The first-order valence-electron chi connectivity index (χ1n) is 10.1. The molecule has 0 fully saturated rings. The molecule has 0 aliphatic heterocycles. The van der Waals surface area contributed by atoms with Gasteiger partial charge in [0.05, 0.1) is 10.9 Å². The number of aryl methyl sites for hydroxylation is 3. The second-order valence-electron chi connectivity index (χ2n) is 7.52. The van der Waals surface area contributed by atoms with Gasteiger partial charge < -0.3 is 15.1 Å². The van der Waals surface area contributed by atoms with Crippen molar-refractivity contribution in [2.45, 2.75) is 20.8 Å². The van der Waals surface area contributed by atoms with Crippen LogP contribution in [0.5, 0.6) is 0 Å².